The van der Waals surface area contributed by atoms with Crippen molar-refractivity contribution in [2.45, 2.75) is 99.6 Å². The fraction of sp³-hybridized carbons (Fsp3) is 0.500. The lowest BCUT2D eigenvalue weighted by Gasteiger charge is -2.35. The van der Waals surface area contributed by atoms with E-state index in [0.29, 0.717) is 96.7 Å². The Morgan fingerprint density at radius 1 is 0.578 bits per heavy atom. The molecule has 4 N–H and O–H groups in total. The van der Waals surface area contributed by atoms with Crippen LogP contribution in [0.5, 0.6) is 0 Å². The lowest BCUT2D eigenvalue weighted by molar-refractivity contribution is 0.0984. The molecular formula is C44H54N10O8S2. The van der Waals surface area contributed by atoms with Crippen LogP contribution in [0.15, 0.2) is 48.5 Å². The third-order valence-electron chi connectivity index (χ3n) is 12.5. The smallest absolute Gasteiger partial charge is 0.319 e. The predicted octanol–water partition coefficient (Wildman–Crippen LogP) is 5.28. The number of benzene rings is 2. The summed E-state index contributed by atoms with van der Waals surface area (Å²) < 4.78 is 61.7. The zero-order valence-electron chi connectivity index (χ0n) is 36.3. The van der Waals surface area contributed by atoms with Gasteiger partial charge >= 0.3 is 12.1 Å². The molecule has 6 heterocycles. The number of nitrogens with zero attached hydrogens (tertiary/aromatic N) is 6. The van der Waals surface area contributed by atoms with E-state index in [1.54, 1.807) is 38.1 Å². The fourth-order valence-corrected chi connectivity index (χ4v) is 11.3. The van der Waals surface area contributed by atoms with Crippen LogP contribution < -0.4 is 31.1 Å². The Labute approximate surface area is 373 Å². The van der Waals surface area contributed by atoms with E-state index in [2.05, 4.69) is 54.9 Å². The average Bonchev–Trinajstić information content (AvgIpc) is 4.21. The van der Waals surface area contributed by atoms with E-state index < -0.39 is 30.2 Å². The Balaban J connectivity index is 0.000000162. The van der Waals surface area contributed by atoms with Crippen molar-refractivity contribution in [3.63, 3.8) is 0 Å². The van der Waals surface area contributed by atoms with E-state index in [-0.39, 0.29) is 47.7 Å². The molecule has 2 saturated carbocycles. The summed E-state index contributed by atoms with van der Waals surface area (Å²) in [5.41, 5.74) is 5.43. The molecule has 0 bridgehead atoms. The van der Waals surface area contributed by atoms with Crippen molar-refractivity contribution in [1.82, 2.24) is 30.6 Å². The van der Waals surface area contributed by atoms with Crippen molar-refractivity contribution in [2.24, 2.45) is 0 Å². The SMILES string of the molecule is C[C@@H]1c2c(nc(-c3ccc(NC(=O)NC4CC4)cc3)nc2N2CCOC[C@@H]2C)CS1(=O)=O.C[C@H]1COCCN1c1nc(-c2ccc(NC(=O)NC3CC3)cc2)nc2c1[C@H](C)S(=O)(=O)C2. The Kier molecular flexibility index (Phi) is 12.0. The van der Waals surface area contributed by atoms with Gasteiger partial charge in [-0.15, -0.1) is 0 Å². The Morgan fingerprint density at radius 2 is 0.953 bits per heavy atom. The topological polar surface area (TPSA) is 227 Å². The minimum Gasteiger partial charge on any atom is -0.377 e. The molecule has 0 unspecified atom stereocenters. The van der Waals surface area contributed by atoms with Crippen molar-refractivity contribution < 1.29 is 35.9 Å². The first-order valence-electron chi connectivity index (χ1n) is 21.9. The van der Waals surface area contributed by atoms with E-state index in [1.807, 2.05) is 24.3 Å². The second kappa shape index (κ2) is 17.5. The molecule has 0 spiro atoms. The molecule has 10 rings (SSSR count). The number of sulfone groups is 2. The molecule has 2 saturated heterocycles. The van der Waals surface area contributed by atoms with Crippen LogP contribution in [-0.2, 0) is 40.7 Å². The first kappa shape index (κ1) is 43.8. The minimum absolute atomic E-state index is 0.0777. The van der Waals surface area contributed by atoms with Crippen molar-refractivity contribution in [1.29, 1.82) is 0 Å². The van der Waals surface area contributed by atoms with Crippen LogP contribution in [0, 0.1) is 0 Å². The minimum atomic E-state index is -3.30. The van der Waals surface area contributed by atoms with Crippen molar-refractivity contribution in [3.8, 4) is 22.8 Å². The number of anilines is 4. The zero-order chi connectivity index (χ0) is 44.9. The van der Waals surface area contributed by atoms with Gasteiger partial charge in [0.25, 0.3) is 0 Å². The molecule has 20 heteroatoms. The van der Waals surface area contributed by atoms with Crippen LogP contribution >= 0.6 is 0 Å². The first-order chi connectivity index (χ1) is 30.6. The summed E-state index contributed by atoms with van der Waals surface area (Å²) >= 11 is 0. The van der Waals surface area contributed by atoms with Crippen molar-refractivity contribution in [3.05, 3.63) is 71.0 Å². The molecule has 2 aromatic carbocycles. The maximum Gasteiger partial charge on any atom is 0.319 e. The summed E-state index contributed by atoms with van der Waals surface area (Å²) in [5, 5.41) is 10.2. The highest BCUT2D eigenvalue weighted by Gasteiger charge is 2.41. The van der Waals surface area contributed by atoms with Crippen LogP contribution in [0.2, 0.25) is 0 Å². The van der Waals surface area contributed by atoms with E-state index in [4.69, 9.17) is 19.4 Å². The number of morpholine rings is 2. The number of rotatable bonds is 8. The van der Waals surface area contributed by atoms with Gasteiger partial charge in [0, 0.05) is 58.8 Å². The molecule has 0 radical (unpaired) electrons. The van der Waals surface area contributed by atoms with Crippen molar-refractivity contribution in [2.75, 3.05) is 60.0 Å². The lowest BCUT2D eigenvalue weighted by Crippen LogP contribution is -2.44. The molecule has 4 fully saturated rings. The number of carbonyl (C=O) groups excluding carboxylic acids is 2. The number of nitrogens with one attached hydrogen (secondary N) is 4. The summed E-state index contributed by atoms with van der Waals surface area (Å²) in [6.45, 7) is 11.1. The van der Waals surface area contributed by atoms with Gasteiger partial charge in [-0.1, -0.05) is 0 Å². The molecule has 4 atom stereocenters. The standard InChI is InChI=1S/2C22H27N5O4S/c2*1-13-11-31-10-9-27(13)21-19-14(2)32(29,30)12-18(19)25-20(26-21)15-3-5-16(6-4-15)23-22(28)24-17-7-8-17/h2*3-6,13-14,17H,7-12H2,1-2H3,(H2,23,24,28)/t13-,14+;13-,14-/m00/s1. The van der Waals surface area contributed by atoms with Crippen LogP contribution in [0.4, 0.5) is 32.6 Å². The zero-order valence-corrected chi connectivity index (χ0v) is 38.0. The number of amides is 4. The van der Waals surface area contributed by atoms with Gasteiger partial charge in [0.2, 0.25) is 0 Å². The molecule has 340 valence electrons. The number of aromatic nitrogens is 4. The average molecular weight is 915 g/mol. The van der Waals surface area contributed by atoms with E-state index in [0.717, 1.165) is 36.8 Å². The fourth-order valence-electron chi connectivity index (χ4n) is 8.39. The third-order valence-corrected chi connectivity index (χ3v) is 16.5. The van der Waals surface area contributed by atoms with Crippen LogP contribution in [0.1, 0.15) is 86.4 Å². The van der Waals surface area contributed by atoms with Gasteiger partial charge in [0.1, 0.15) is 11.6 Å². The summed E-state index contributed by atoms with van der Waals surface area (Å²) in [6, 6.07) is 14.9. The molecule has 18 nitrogen and oxygen atoms in total. The predicted molar refractivity (Wildman–Crippen MR) is 243 cm³/mol. The van der Waals surface area contributed by atoms with Gasteiger partial charge in [-0.2, -0.15) is 0 Å². The second-order valence-electron chi connectivity index (χ2n) is 17.5. The highest BCUT2D eigenvalue weighted by Crippen LogP contribution is 2.43. The molecule has 4 aromatic rings. The molecule has 6 aliphatic rings. The van der Waals surface area contributed by atoms with Gasteiger partial charge in [-0.05, 0) is 102 Å². The normalized spacial score (nSPS) is 24.1. The van der Waals surface area contributed by atoms with Gasteiger partial charge in [-0.25, -0.2) is 46.4 Å². The molecule has 64 heavy (non-hydrogen) atoms. The second-order valence-corrected chi connectivity index (χ2v) is 22.1. The Hall–Kier alpha value is -5.44. The Morgan fingerprint density at radius 3 is 1.30 bits per heavy atom. The molecule has 2 aliphatic carbocycles. The van der Waals surface area contributed by atoms with Crippen LogP contribution in [0.25, 0.3) is 22.8 Å². The highest BCUT2D eigenvalue weighted by molar-refractivity contribution is 7.91. The van der Waals surface area contributed by atoms with Gasteiger partial charge < -0.3 is 40.5 Å². The van der Waals surface area contributed by atoms with E-state index in [9.17, 15) is 26.4 Å². The van der Waals surface area contributed by atoms with Gasteiger partial charge in [-0.3, -0.25) is 0 Å². The molecule has 4 aliphatic heterocycles. The number of hydrogen-bond acceptors (Lipinski definition) is 14. The van der Waals surface area contributed by atoms with Crippen molar-refractivity contribution >= 4 is 54.7 Å². The number of fused-ring (bicyclic) bond motifs is 2. The highest BCUT2D eigenvalue weighted by atomic mass is 32.2. The largest absolute Gasteiger partial charge is 0.377 e. The third kappa shape index (κ3) is 9.36. The number of carbonyl (C=O) groups is 2. The lowest BCUT2D eigenvalue weighted by atomic mass is 10.1. The summed E-state index contributed by atoms with van der Waals surface area (Å²) in [7, 11) is -6.60. The number of hydrogen-bond donors (Lipinski definition) is 4. The van der Waals surface area contributed by atoms with Crippen LogP contribution in [-0.4, -0.2) is 113 Å². The van der Waals surface area contributed by atoms with Crippen LogP contribution in [0.3, 0.4) is 0 Å². The Bertz CT molecular complexity index is 2480. The molecule has 4 amide bonds. The maximum absolute atomic E-state index is 12.7. The monoisotopic (exact) mass is 914 g/mol. The number of ether oxygens (including phenoxy) is 2. The first-order valence-corrected chi connectivity index (χ1v) is 25.4. The molecular weight excluding hydrogens is 861 g/mol. The van der Waals surface area contributed by atoms with Gasteiger partial charge in [0.15, 0.2) is 31.3 Å². The summed E-state index contributed by atoms with van der Waals surface area (Å²) in [6.07, 6.45) is 4.11. The summed E-state index contributed by atoms with van der Waals surface area (Å²) in [4.78, 5) is 47.1. The van der Waals surface area contributed by atoms with E-state index >= 15 is 0 Å². The number of urea groups is 2. The summed E-state index contributed by atoms with van der Waals surface area (Å²) in [5.74, 6) is 2.17. The quantitative estimate of drug-likeness (QED) is 0.176. The van der Waals surface area contributed by atoms with Gasteiger partial charge in [0.05, 0.1) is 71.9 Å². The molecule has 2 aromatic heterocycles. The van der Waals surface area contributed by atoms with E-state index in [1.165, 1.54) is 0 Å². The maximum atomic E-state index is 12.7.